The summed E-state index contributed by atoms with van der Waals surface area (Å²) in [6.07, 6.45) is 0. The number of nitrogens with zero attached hydrogens (tertiary/aromatic N) is 1. The van der Waals surface area contributed by atoms with Crippen molar-refractivity contribution in [2.45, 2.75) is 19.9 Å². The summed E-state index contributed by atoms with van der Waals surface area (Å²) in [5, 5.41) is 3.27. The molecule has 18 heavy (non-hydrogen) atoms. The molecular weight excluding hydrogens is 231 g/mol. The summed E-state index contributed by atoms with van der Waals surface area (Å²) in [6.45, 7) is 6.21. The topological polar surface area (TPSA) is 24.5 Å². The van der Waals surface area contributed by atoms with E-state index >= 15 is 0 Å². The van der Waals surface area contributed by atoms with Gasteiger partial charge in [0.1, 0.15) is 5.82 Å². The molecule has 102 valence electrons. The molecular formula is C14H23FN2O. The molecule has 0 bridgehead atoms. The molecule has 0 saturated carbocycles. The number of likely N-dealkylation sites (N-methyl/N-ethyl adjacent to an activating group) is 1. The van der Waals surface area contributed by atoms with Crippen LogP contribution in [0.1, 0.15) is 25.5 Å². The van der Waals surface area contributed by atoms with Gasteiger partial charge in [-0.1, -0.05) is 13.0 Å². The molecule has 1 aromatic rings. The van der Waals surface area contributed by atoms with E-state index < -0.39 is 0 Å². The van der Waals surface area contributed by atoms with E-state index in [0.29, 0.717) is 18.8 Å². The van der Waals surface area contributed by atoms with Gasteiger partial charge in [-0.05, 0) is 31.2 Å². The zero-order chi connectivity index (χ0) is 13.5. The second kappa shape index (κ2) is 7.34. The van der Waals surface area contributed by atoms with Crippen LogP contribution in [-0.2, 0) is 4.74 Å². The Morgan fingerprint density at radius 3 is 2.72 bits per heavy atom. The number of benzene rings is 1. The van der Waals surface area contributed by atoms with E-state index in [0.717, 1.165) is 12.1 Å². The molecule has 1 aromatic carbocycles. The molecule has 0 heterocycles. The summed E-state index contributed by atoms with van der Waals surface area (Å²) in [7, 11) is 3.51. The Hall–Kier alpha value is -1.13. The van der Waals surface area contributed by atoms with Crippen LogP contribution in [0.25, 0.3) is 0 Å². The van der Waals surface area contributed by atoms with Crippen molar-refractivity contribution in [1.82, 2.24) is 5.32 Å². The van der Waals surface area contributed by atoms with Gasteiger partial charge in [0.25, 0.3) is 0 Å². The van der Waals surface area contributed by atoms with E-state index in [2.05, 4.69) is 5.32 Å². The fourth-order valence-corrected chi connectivity index (χ4v) is 1.87. The van der Waals surface area contributed by atoms with Gasteiger partial charge in [-0.25, -0.2) is 4.39 Å². The Morgan fingerprint density at radius 2 is 2.17 bits per heavy atom. The quantitative estimate of drug-likeness (QED) is 0.809. The number of anilines is 1. The molecule has 0 aliphatic carbocycles. The summed E-state index contributed by atoms with van der Waals surface area (Å²) in [5.41, 5.74) is 1.58. The number of hydrogen-bond acceptors (Lipinski definition) is 3. The highest BCUT2D eigenvalue weighted by Gasteiger charge is 2.11. The molecule has 0 aliphatic rings. The number of hydrogen-bond donors (Lipinski definition) is 1. The summed E-state index contributed by atoms with van der Waals surface area (Å²) >= 11 is 0. The lowest BCUT2D eigenvalue weighted by Crippen LogP contribution is -2.23. The van der Waals surface area contributed by atoms with E-state index in [4.69, 9.17) is 4.74 Å². The lowest BCUT2D eigenvalue weighted by Gasteiger charge is -2.21. The van der Waals surface area contributed by atoms with Crippen molar-refractivity contribution in [2.24, 2.45) is 0 Å². The second-order valence-electron chi connectivity index (χ2n) is 4.40. The third kappa shape index (κ3) is 3.96. The number of methoxy groups -OCH3 is 1. The van der Waals surface area contributed by atoms with Crippen molar-refractivity contribution in [2.75, 3.05) is 38.8 Å². The number of nitrogens with one attached hydrogen (secondary N) is 1. The summed E-state index contributed by atoms with van der Waals surface area (Å²) in [6, 6.07) is 5.57. The van der Waals surface area contributed by atoms with Gasteiger partial charge in [0.15, 0.2) is 0 Å². The van der Waals surface area contributed by atoms with Crippen molar-refractivity contribution >= 4 is 5.69 Å². The molecule has 0 fully saturated rings. The molecule has 0 radical (unpaired) electrons. The van der Waals surface area contributed by atoms with Gasteiger partial charge in [0, 0.05) is 26.7 Å². The molecule has 0 spiro atoms. The van der Waals surface area contributed by atoms with Crippen molar-refractivity contribution in [3.05, 3.63) is 29.6 Å². The fraction of sp³-hybridized carbons (Fsp3) is 0.571. The first-order valence-electron chi connectivity index (χ1n) is 6.33. The average Bonchev–Trinajstić information content (AvgIpc) is 2.36. The van der Waals surface area contributed by atoms with Gasteiger partial charge >= 0.3 is 0 Å². The van der Waals surface area contributed by atoms with Crippen LogP contribution >= 0.6 is 0 Å². The van der Waals surface area contributed by atoms with Crippen LogP contribution in [0.4, 0.5) is 10.1 Å². The SMILES string of the molecule is CCNC(C)c1ccc(N(C)CCOC)c(F)c1. The normalized spacial score (nSPS) is 12.5. The molecule has 1 rings (SSSR count). The smallest absolute Gasteiger partial charge is 0.146 e. The number of halogens is 1. The van der Waals surface area contributed by atoms with Crippen LogP contribution in [0, 0.1) is 5.82 Å². The minimum Gasteiger partial charge on any atom is -0.383 e. The fourth-order valence-electron chi connectivity index (χ4n) is 1.87. The van der Waals surface area contributed by atoms with E-state index in [9.17, 15) is 4.39 Å². The van der Waals surface area contributed by atoms with E-state index in [-0.39, 0.29) is 11.9 Å². The van der Waals surface area contributed by atoms with E-state index in [1.807, 2.05) is 37.9 Å². The van der Waals surface area contributed by atoms with Crippen LogP contribution in [0.2, 0.25) is 0 Å². The van der Waals surface area contributed by atoms with Crippen LogP contribution in [0.5, 0.6) is 0 Å². The van der Waals surface area contributed by atoms with Gasteiger partial charge in [0.05, 0.1) is 12.3 Å². The lowest BCUT2D eigenvalue weighted by atomic mass is 10.1. The van der Waals surface area contributed by atoms with Crippen molar-refractivity contribution in [3.8, 4) is 0 Å². The molecule has 1 atom stereocenters. The third-order valence-electron chi connectivity index (χ3n) is 3.02. The van der Waals surface area contributed by atoms with Crippen LogP contribution in [0.3, 0.4) is 0 Å². The predicted octanol–water partition coefficient (Wildman–Crippen LogP) is 2.58. The molecule has 0 saturated heterocycles. The molecule has 1 N–H and O–H groups in total. The minimum atomic E-state index is -0.184. The molecule has 4 heteroatoms. The monoisotopic (exact) mass is 254 g/mol. The maximum Gasteiger partial charge on any atom is 0.146 e. The minimum absolute atomic E-state index is 0.169. The maximum absolute atomic E-state index is 14.0. The zero-order valence-electron chi connectivity index (χ0n) is 11.7. The first-order valence-corrected chi connectivity index (χ1v) is 6.33. The Labute approximate surface area is 109 Å². The highest BCUT2D eigenvalue weighted by molar-refractivity contribution is 5.48. The average molecular weight is 254 g/mol. The first kappa shape index (κ1) is 14.9. The highest BCUT2D eigenvalue weighted by atomic mass is 19.1. The summed E-state index contributed by atoms with van der Waals surface area (Å²) in [5.74, 6) is -0.184. The molecule has 0 aromatic heterocycles. The maximum atomic E-state index is 14.0. The Bertz CT molecular complexity index is 371. The highest BCUT2D eigenvalue weighted by Crippen LogP contribution is 2.22. The van der Waals surface area contributed by atoms with Crippen molar-refractivity contribution in [1.29, 1.82) is 0 Å². The largest absolute Gasteiger partial charge is 0.383 e. The summed E-state index contributed by atoms with van der Waals surface area (Å²) < 4.78 is 19.0. The van der Waals surface area contributed by atoms with Gasteiger partial charge < -0.3 is 15.0 Å². The van der Waals surface area contributed by atoms with Crippen LogP contribution in [-0.4, -0.2) is 33.9 Å². The number of ether oxygens (including phenoxy) is 1. The number of rotatable bonds is 7. The zero-order valence-corrected chi connectivity index (χ0v) is 11.7. The molecule has 1 unspecified atom stereocenters. The summed E-state index contributed by atoms with van der Waals surface area (Å²) in [4.78, 5) is 1.86. The van der Waals surface area contributed by atoms with E-state index in [1.54, 1.807) is 13.2 Å². The first-order chi connectivity index (χ1) is 8.60. The standard InChI is InChI=1S/C14H23FN2O/c1-5-16-11(2)12-6-7-14(13(15)10-12)17(3)8-9-18-4/h6-7,10-11,16H,5,8-9H2,1-4H3. The van der Waals surface area contributed by atoms with Gasteiger partial charge in [0.2, 0.25) is 0 Å². The van der Waals surface area contributed by atoms with Crippen LogP contribution < -0.4 is 10.2 Å². The van der Waals surface area contributed by atoms with Crippen molar-refractivity contribution < 1.29 is 9.13 Å². The third-order valence-corrected chi connectivity index (χ3v) is 3.02. The molecule has 3 nitrogen and oxygen atoms in total. The lowest BCUT2D eigenvalue weighted by molar-refractivity contribution is 0.206. The Balaban J connectivity index is 2.78. The molecule has 0 amide bonds. The second-order valence-corrected chi connectivity index (χ2v) is 4.40. The van der Waals surface area contributed by atoms with Crippen molar-refractivity contribution in [3.63, 3.8) is 0 Å². The predicted molar refractivity (Wildman–Crippen MR) is 73.6 cm³/mol. The van der Waals surface area contributed by atoms with Gasteiger partial charge in [-0.3, -0.25) is 0 Å². The van der Waals surface area contributed by atoms with Gasteiger partial charge in [-0.2, -0.15) is 0 Å². The van der Waals surface area contributed by atoms with Crippen LogP contribution in [0.15, 0.2) is 18.2 Å². The van der Waals surface area contributed by atoms with Gasteiger partial charge in [-0.15, -0.1) is 0 Å². The Kier molecular flexibility index (Phi) is 6.09. The van der Waals surface area contributed by atoms with E-state index in [1.165, 1.54) is 0 Å². The Morgan fingerprint density at radius 1 is 1.44 bits per heavy atom. The molecule has 0 aliphatic heterocycles.